The molecule has 0 aromatic heterocycles. The van der Waals surface area contributed by atoms with Crippen molar-refractivity contribution >= 4 is 6.16 Å². The summed E-state index contributed by atoms with van der Waals surface area (Å²) >= 11 is 0. The molecule has 0 saturated heterocycles. The van der Waals surface area contributed by atoms with E-state index in [0.29, 0.717) is 29.4 Å². The lowest BCUT2D eigenvalue weighted by Gasteiger charge is -2.12. The van der Waals surface area contributed by atoms with Gasteiger partial charge in [-0.1, -0.05) is 54.6 Å². The topological polar surface area (TPSA) is 72.5 Å². The molecule has 0 radical (unpaired) electrons. The van der Waals surface area contributed by atoms with Gasteiger partial charge in [0.2, 0.25) is 0 Å². The molecule has 0 aliphatic rings. The SMILES string of the molecule is COc1cc(COOC(=O)OOc2ccccc2)ccc1OCc1ccccc1. The van der Waals surface area contributed by atoms with Crippen LogP contribution in [-0.4, -0.2) is 13.3 Å². The zero-order valence-corrected chi connectivity index (χ0v) is 15.8. The molecule has 0 spiro atoms. The molecular formula is C22H20O7. The minimum absolute atomic E-state index is 0.00420. The van der Waals surface area contributed by atoms with E-state index in [9.17, 15) is 4.79 Å². The molecule has 29 heavy (non-hydrogen) atoms. The van der Waals surface area contributed by atoms with E-state index in [-0.39, 0.29) is 6.61 Å². The Labute approximate surface area is 168 Å². The first kappa shape index (κ1) is 20.0. The lowest BCUT2D eigenvalue weighted by molar-refractivity contribution is -0.295. The van der Waals surface area contributed by atoms with Crippen molar-refractivity contribution in [2.75, 3.05) is 7.11 Å². The molecule has 0 N–H and O–H groups in total. The maximum absolute atomic E-state index is 11.5. The van der Waals surface area contributed by atoms with Crippen molar-refractivity contribution in [3.05, 3.63) is 90.0 Å². The third-order valence-corrected chi connectivity index (χ3v) is 3.77. The first-order valence-corrected chi connectivity index (χ1v) is 8.81. The summed E-state index contributed by atoms with van der Waals surface area (Å²) in [6.07, 6.45) is -1.12. The van der Waals surface area contributed by atoms with Crippen LogP contribution < -0.4 is 14.4 Å². The quantitative estimate of drug-likeness (QED) is 0.378. The standard InChI is InChI=1S/C22H20O7/c1-24-21-14-18(12-13-20(21)25-15-17-8-4-2-5-9-17)16-26-28-22(23)29-27-19-10-6-3-7-11-19/h2-14H,15-16H2,1H3. The van der Waals surface area contributed by atoms with Crippen LogP contribution in [0.4, 0.5) is 4.79 Å². The van der Waals surface area contributed by atoms with Crippen LogP contribution >= 0.6 is 0 Å². The molecule has 0 fully saturated rings. The second kappa shape index (κ2) is 10.6. The van der Waals surface area contributed by atoms with Gasteiger partial charge in [0.1, 0.15) is 13.2 Å². The van der Waals surface area contributed by atoms with Crippen molar-refractivity contribution in [3.63, 3.8) is 0 Å². The Hall–Kier alpha value is -3.71. The van der Waals surface area contributed by atoms with E-state index in [2.05, 4.69) is 9.78 Å². The number of carbonyl (C=O) groups is 1. The van der Waals surface area contributed by atoms with Gasteiger partial charge in [-0.25, -0.2) is 4.89 Å². The number of carbonyl (C=O) groups excluding carboxylic acids is 1. The van der Waals surface area contributed by atoms with Gasteiger partial charge >= 0.3 is 6.16 Å². The van der Waals surface area contributed by atoms with Gasteiger partial charge in [0.05, 0.1) is 7.11 Å². The van der Waals surface area contributed by atoms with Gasteiger partial charge in [0, 0.05) is 0 Å². The van der Waals surface area contributed by atoms with Crippen molar-refractivity contribution in [1.29, 1.82) is 0 Å². The van der Waals surface area contributed by atoms with Gasteiger partial charge in [0.15, 0.2) is 17.2 Å². The Kier molecular flexibility index (Phi) is 7.31. The number of benzene rings is 3. The average Bonchev–Trinajstić information content (AvgIpc) is 2.78. The van der Waals surface area contributed by atoms with Crippen LogP contribution in [0.2, 0.25) is 0 Å². The number of para-hydroxylation sites is 1. The number of rotatable bonds is 9. The minimum atomic E-state index is -1.12. The fourth-order valence-corrected chi connectivity index (χ4v) is 2.37. The molecule has 150 valence electrons. The van der Waals surface area contributed by atoms with Gasteiger partial charge in [-0.15, -0.1) is 0 Å². The Balaban J connectivity index is 1.45. The summed E-state index contributed by atoms with van der Waals surface area (Å²) in [6.45, 7) is 0.416. The second-order valence-electron chi connectivity index (χ2n) is 5.83. The molecule has 7 nitrogen and oxygen atoms in total. The lowest BCUT2D eigenvalue weighted by Crippen LogP contribution is -2.10. The molecule has 7 heteroatoms. The summed E-state index contributed by atoms with van der Waals surface area (Å²) in [5, 5.41) is 0. The highest BCUT2D eigenvalue weighted by atomic mass is 17.3. The fourth-order valence-electron chi connectivity index (χ4n) is 2.37. The average molecular weight is 396 g/mol. The highest BCUT2D eigenvalue weighted by Crippen LogP contribution is 2.29. The van der Waals surface area contributed by atoms with Crippen LogP contribution in [-0.2, 0) is 27.9 Å². The van der Waals surface area contributed by atoms with Gasteiger partial charge in [-0.05, 0) is 35.4 Å². The summed E-state index contributed by atoms with van der Waals surface area (Å²) < 4.78 is 11.2. The van der Waals surface area contributed by atoms with E-state index in [1.165, 1.54) is 0 Å². The molecule has 0 amide bonds. The number of ether oxygens (including phenoxy) is 2. The third-order valence-electron chi connectivity index (χ3n) is 3.77. The van der Waals surface area contributed by atoms with E-state index in [1.54, 1.807) is 55.6 Å². The van der Waals surface area contributed by atoms with Gasteiger partial charge in [-0.2, -0.15) is 9.68 Å². The molecule has 0 atom stereocenters. The zero-order chi connectivity index (χ0) is 20.3. The van der Waals surface area contributed by atoms with Gasteiger partial charge < -0.3 is 9.47 Å². The van der Waals surface area contributed by atoms with Gasteiger partial charge in [0.25, 0.3) is 0 Å². The molecule has 0 bridgehead atoms. The van der Waals surface area contributed by atoms with Crippen molar-refractivity contribution in [2.24, 2.45) is 0 Å². The molecule has 0 saturated carbocycles. The number of methoxy groups -OCH3 is 1. The monoisotopic (exact) mass is 396 g/mol. The second-order valence-corrected chi connectivity index (χ2v) is 5.83. The van der Waals surface area contributed by atoms with Crippen LogP contribution in [0.3, 0.4) is 0 Å². The van der Waals surface area contributed by atoms with Gasteiger partial charge in [-0.3, -0.25) is 9.78 Å². The van der Waals surface area contributed by atoms with Crippen molar-refractivity contribution in [1.82, 2.24) is 0 Å². The molecule has 0 unspecified atom stereocenters. The highest BCUT2D eigenvalue weighted by molar-refractivity contribution is 5.58. The summed E-state index contributed by atoms with van der Waals surface area (Å²) in [6, 6.07) is 23.6. The van der Waals surface area contributed by atoms with E-state index < -0.39 is 6.16 Å². The Morgan fingerprint density at radius 2 is 1.48 bits per heavy atom. The molecular weight excluding hydrogens is 376 g/mol. The van der Waals surface area contributed by atoms with Crippen molar-refractivity contribution in [3.8, 4) is 17.2 Å². The lowest BCUT2D eigenvalue weighted by atomic mass is 10.2. The Morgan fingerprint density at radius 1 is 0.759 bits per heavy atom. The maximum atomic E-state index is 11.5. The third kappa shape index (κ3) is 6.44. The van der Waals surface area contributed by atoms with Crippen LogP contribution in [0.25, 0.3) is 0 Å². The molecule has 3 rings (SSSR count). The fraction of sp³-hybridized carbons (Fsp3) is 0.136. The summed E-state index contributed by atoms with van der Waals surface area (Å²) in [5.41, 5.74) is 1.76. The highest BCUT2D eigenvalue weighted by Gasteiger charge is 2.10. The molecule has 0 heterocycles. The Bertz CT molecular complexity index is 898. The van der Waals surface area contributed by atoms with E-state index in [0.717, 1.165) is 5.56 Å². The van der Waals surface area contributed by atoms with E-state index >= 15 is 0 Å². The van der Waals surface area contributed by atoms with Crippen LogP contribution in [0.1, 0.15) is 11.1 Å². The summed E-state index contributed by atoms with van der Waals surface area (Å²) in [7, 11) is 1.55. The van der Waals surface area contributed by atoms with E-state index in [1.807, 2.05) is 30.3 Å². The van der Waals surface area contributed by atoms with Crippen molar-refractivity contribution in [2.45, 2.75) is 13.2 Å². The van der Waals surface area contributed by atoms with Crippen LogP contribution in [0.5, 0.6) is 17.2 Å². The van der Waals surface area contributed by atoms with E-state index in [4.69, 9.17) is 19.2 Å². The van der Waals surface area contributed by atoms with Crippen LogP contribution in [0, 0.1) is 0 Å². The molecule has 3 aromatic rings. The summed E-state index contributed by atoms with van der Waals surface area (Å²) in [5.74, 6) is 1.49. The first-order chi connectivity index (χ1) is 14.2. The predicted octanol–water partition coefficient (Wildman–Crippen LogP) is 4.85. The predicted molar refractivity (Wildman–Crippen MR) is 103 cm³/mol. The minimum Gasteiger partial charge on any atom is -0.493 e. The number of hydrogen-bond donors (Lipinski definition) is 0. The molecule has 3 aromatic carbocycles. The number of hydrogen-bond acceptors (Lipinski definition) is 7. The maximum Gasteiger partial charge on any atom is 0.582 e. The summed E-state index contributed by atoms with van der Waals surface area (Å²) in [4.78, 5) is 30.1. The molecule has 0 aliphatic heterocycles. The first-order valence-electron chi connectivity index (χ1n) is 8.81. The normalized spacial score (nSPS) is 10.1. The molecule has 0 aliphatic carbocycles. The smallest absolute Gasteiger partial charge is 0.493 e. The zero-order valence-electron chi connectivity index (χ0n) is 15.8. The Morgan fingerprint density at radius 3 is 2.21 bits per heavy atom. The van der Waals surface area contributed by atoms with Crippen molar-refractivity contribution < 1.29 is 33.8 Å². The van der Waals surface area contributed by atoms with Crippen LogP contribution in [0.15, 0.2) is 78.9 Å². The largest absolute Gasteiger partial charge is 0.582 e.